The first kappa shape index (κ1) is 10.2. The van der Waals surface area contributed by atoms with E-state index >= 15 is 0 Å². The predicted octanol–water partition coefficient (Wildman–Crippen LogP) is 3.76. The Bertz CT molecular complexity index is 379. The molecule has 0 atom stereocenters. The molecule has 0 heterocycles. The van der Waals surface area contributed by atoms with Gasteiger partial charge in [0.1, 0.15) is 0 Å². The Morgan fingerprint density at radius 1 is 1.07 bits per heavy atom. The lowest BCUT2D eigenvalue weighted by atomic mass is 9.99. The summed E-state index contributed by atoms with van der Waals surface area (Å²) in [7, 11) is 0. The Morgan fingerprint density at radius 2 is 1.67 bits per heavy atom. The van der Waals surface area contributed by atoms with Crippen LogP contribution < -0.4 is 0 Å². The van der Waals surface area contributed by atoms with E-state index in [0.29, 0.717) is 0 Å². The molecule has 0 unspecified atom stereocenters. The van der Waals surface area contributed by atoms with Gasteiger partial charge < -0.3 is 0 Å². The highest BCUT2D eigenvalue weighted by Crippen LogP contribution is 2.28. The number of hydrogen-bond acceptors (Lipinski definition) is 1. The number of ketones is 1. The van der Waals surface area contributed by atoms with Crippen LogP contribution >= 0.6 is 0 Å². The van der Waals surface area contributed by atoms with E-state index in [1.807, 2.05) is 37.3 Å². The Kier molecular flexibility index (Phi) is 3.00. The molecular weight excluding hydrogens is 184 g/mol. The molecule has 78 valence electrons. The van der Waals surface area contributed by atoms with Gasteiger partial charge in [-0.25, -0.2) is 0 Å². The minimum Gasteiger partial charge on any atom is -0.289 e. The van der Waals surface area contributed by atoms with E-state index < -0.39 is 0 Å². The minimum absolute atomic E-state index is 0.201. The molecule has 1 aliphatic rings. The molecule has 0 aromatic heterocycles. The zero-order chi connectivity index (χ0) is 10.7. The van der Waals surface area contributed by atoms with Crippen molar-refractivity contribution in [1.29, 1.82) is 0 Å². The van der Waals surface area contributed by atoms with Crippen LogP contribution in [0, 0.1) is 0 Å². The summed E-state index contributed by atoms with van der Waals surface area (Å²) in [6.07, 6.45) is 4.72. The molecule has 1 aromatic carbocycles. The molecule has 1 aromatic rings. The molecule has 15 heavy (non-hydrogen) atoms. The lowest BCUT2D eigenvalue weighted by Crippen LogP contribution is -2.02. The maximum Gasteiger partial charge on any atom is 0.188 e. The Balaban J connectivity index is 2.25. The van der Waals surface area contributed by atoms with Gasteiger partial charge in [-0.05, 0) is 38.2 Å². The third-order valence-electron chi connectivity index (χ3n) is 3.11. The summed E-state index contributed by atoms with van der Waals surface area (Å²) >= 11 is 0. The van der Waals surface area contributed by atoms with Crippen LogP contribution in [0.4, 0.5) is 0 Å². The third-order valence-corrected chi connectivity index (χ3v) is 3.11. The Labute approximate surface area is 90.8 Å². The van der Waals surface area contributed by atoms with Gasteiger partial charge in [-0.2, -0.15) is 0 Å². The summed E-state index contributed by atoms with van der Waals surface area (Å²) in [6.45, 7) is 1.97. The highest BCUT2D eigenvalue weighted by Gasteiger charge is 2.15. The monoisotopic (exact) mass is 200 g/mol. The molecule has 1 fully saturated rings. The molecule has 0 aliphatic heterocycles. The van der Waals surface area contributed by atoms with Gasteiger partial charge in [-0.3, -0.25) is 4.79 Å². The van der Waals surface area contributed by atoms with Crippen molar-refractivity contribution >= 4 is 5.78 Å². The first-order valence-electron chi connectivity index (χ1n) is 5.57. The lowest BCUT2D eigenvalue weighted by Gasteiger charge is -2.04. The highest BCUT2D eigenvalue weighted by molar-refractivity contribution is 6.08. The number of rotatable bonds is 2. The van der Waals surface area contributed by atoms with Crippen molar-refractivity contribution in [3.8, 4) is 0 Å². The van der Waals surface area contributed by atoms with E-state index in [1.54, 1.807) is 0 Å². The maximum absolute atomic E-state index is 12.1. The molecule has 1 heteroatoms. The standard InChI is InChI=1S/C14H16O/c1-11(12-7-5-6-8-12)14(15)13-9-3-2-4-10-13/h2-4,9-10H,5-8H2,1H3. The van der Waals surface area contributed by atoms with Gasteiger partial charge in [-0.15, -0.1) is 0 Å². The van der Waals surface area contributed by atoms with Crippen LogP contribution in [0.2, 0.25) is 0 Å². The van der Waals surface area contributed by atoms with Crippen LogP contribution in [0.5, 0.6) is 0 Å². The molecule has 0 saturated heterocycles. The van der Waals surface area contributed by atoms with E-state index in [0.717, 1.165) is 24.0 Å². The predicted molar refractivity (Wildman–Crippen MR) is 61.9 cm³/mol. The van der Waals surface area contributed by atoms with Gasteiger partial charge >= 0.3 is 0 Å². The summed E-state index contributed by atoms with van der Waals surface area (Å²) in [5.41, 5.74) is 3.15. The molecule has 0 spiro atoms. The van der Waals surface area contributed by atoms with E-state index in [2.05, 4.69) is 0 Å². The molecule has 0 radical (unpaired) electrons. The van der Waals surface area contributed by atoms with Crippen molar-refractivity contribution in [2.24, 2.45) is 0 Å². The number of carbonyl (C=O) groups excluding carboxylic acids is 1. The second-order valence-electron chi connectivity index (χ2n) is 4.13. The van der Waals surface area contributed by atoms with E-state index in [4.69, 9.17) is 0 Å². The first-order valence-corrected chi connectivity index (χ1v) is 5.57. The average molecular weight is 200 g/mol. The minimum atomic E-state index is 0.201. The molecule has 1 saturated carbocycles. The van der Waals surface area contributed by atoms with Crippen LogP contribution in [0.1, 0.15) is 43.0 Å². The molecule has 1 nitrogen and oxygen atoms in total. The number of Topliss-reactive ketones (excluding diaryl/α,β-unsaturated/α-hetero) is 1. The molecular formula is C14H16O. The van der Waals surface area contributed by atoms with Crippen molar-refractivity contribution in [3.63, 3.8) is 0 Å². The third kappa shape index (κ3) is 2.17. The van der Waals surface area contributed by atoms with Crippen LogP contribution in [-0.4, -0.2) is 5.78 Å². The second kappa shape index (κ2) is 4.43. The van der Waals surface area contributed by atoms with Crippen molar-refractivity contribution < 1.29 is 4.79 Å². The van der Waals surface area contributed by atoms with Gasteiger partial charge in [0, 0.05) is 5.56 Å². The van der Waals surface area contributed by atoms with E-state index in [-0.39, 0.29) is 5.78 Å². The molecule has 1 aliphatic carbocycles. The SMILES string of the molecule is CC(C(=O)c1ccccc1)=C1CCCC1. The van der Waals surface area contributed by atoms with Crippen molar-refractivity contribution in [1.82, 2.24) is 0 Å². The Hall–Kier alpha value is -1.37. The topological polar surface area (TPSA) is 17.1 Å². The van der Waals surface area contributed by atoms with Gasteiger partial charge in [0.15, 0.2) is 5.78 Å². The zero-order valence-electron chi connectivity index (χ0n) is 9.12. The summed E-state index contributed by atoms with van der Waals surface area (Å²) in [5.74, 6) is 0.201. The highest BCUT2D eigenvalue weighted by atomic mass is 16.1. The fourth-order valence-corrected chi connectivity index (χ4v) is 2.14. The maximum atomic E-state index is 12.1. The van der Waals surface area contributed by atoms with E-state index in [9.17, 15) is 4.79 Å². The van der Waals surface area contributed by atoms with Crippen LogP contribution in [0.25, 0.3) is 0 Å². The molecule has 0 amide bonds. The van der Waals surface area contributed by atoms with Crippen molar-refractivity contribution in [2.45, 2.75) is 32.6 Å². The van der Waals surface area contributed by atoms with Gasteiger partial charge in [-0.1, -0.05) is 35.9 Å². The van der Waals surface area contributed by atoms with Crippen LogP contribution in [0.3, 0.4) is 0 Å². The summed E-state index contributed by atoms with van der Waals surface area (Å²) < 4.78 is 0. The number of carbonyl (C=O) groups is 1. The summed E-state index contributed by atoms with van der Waals surface area (Å²) in [5, 5.41) is 0. The number of hydrogen-bond donors (Lipinski definition) is 0. The zero-order valence-corrected chi connectivity index (χ0v) is 9.12. The Morgan fingerprint density at radius 3 is 2.27 bits per heavy atom. The number of benzene rings is 1. The fraction of sp³-hybridized carbons (Fsp3) is 0.357. The summed E-state index contributed by atoms with van der Waals surface area (Å²) in [6, 6.07) is 9.55. The molecule has 0 N–H and O–H groups in total. The normalized spacial score (nSPS) is 15.4. The van der Waals surface area contributed by atoms with Crippen LogP contribution in [0.15, 0.2) is 41.5 Å². The van der Waals surface area contributed by atoms with Gasteiger partial charge in [0.2, 0.25) is 0 Å². The van der Waals surface area contributed by atoms with Crippen LogP contribution in [-0.2, 0) is 0 Å². The molecule has 2 rings (SSSR count). The van der Waals surface area contributed by atoms with Crippen molar-refractivity contribution in [2.75, 3.05) is 0 Å². The fourth-order valence-electron chi connectivity index (χ4n) is 2.14. The number of allylic oxidation sites excluding steroid dienone is 2. The first-order chi connectivity index (χ1) is 7.29. The van der Waals surface area contributed by atoms with Crippen molar-refractivity contribution in [3.05, 3.63) is 47.0 Å². The van der Waals surface area contributed by atoms with Gasteiger partial charge in [0.25, 0.3) is 0 Å². The quantitative estimate of drug-likeness (QED) is 0.524. The molecule has 0 bridgehead atoms. The average Bonchev–Trinajstić information content (AvgIpc) is 2.82. The smallest absolute Gasteiger partial charge is 0.188 e. The lowest BCUT2D eigenvalue weighted by molar-refractivity contribution is 0.103. The summed E-state index contributed by atoms with van der Waals surface area (Å²) in [4.78, 5) is 12.1. The largest absolute Gasteiger partial charge is 0.289 e. The van der Waals surface area contributed by atoms with Gasteiger partial charge in [0.05, 0.1) is 0 Å². The van der Waals surface area contributed by atoms with E-state index in [1.165, 1.54) is 18.4 Å². The second-order valence-corrected chi connectivity index (χ2v) is 4.13.